The average molecular weight is 357 g/mol. The van der Waals surface area contributed by atoms with Gasteiger partial charge >= 0.3 is 0 Å². The lowest BCUT2D eigenvalue weighted by Gasteiger charge is -2.14. The smallest absolute Gasteiger partial charge is 0.225 e. The quantitative estimate of drug-likeness (QED) is 0.783. The van der Waals surface area contributed by atoms with Crippen molar-refractivity contribution in [1.29, 1.82) is 0 Å². The molecule has 1 N–H and O–H groups in total. The number of hydrogen-bond acceptors (Lipinski definition) is 4. The summed E-state index contributed by atoms with van der Waals surface area (Å²) in [5.41, 5.74) is 3.82. The first-order chi connectivity index (χ1) is 13.2. The summed E-state index contributed by atoms with van der Waals surface area (Å²) >= 11 is 0. The number of para-hydroxylation sites is 1. The molecule has 1 unspecified atom stereocenters. The van der Waals surface area contributed by atoms with E-state index in [9.17, 15) is 4.79 Å². The predicted octanol–water partition coefficient (Wildman–Crippen LogP) is 2.95. The van der Waals surface area contributed by atoms with Gasteiger partial charge in [-0.3, -0.25) is 14.4 Å². The first-order valence-electron chi connectivity index (χ1n) is 9.17. The molecule has 0 spiro atoms. The lowest BCUT2D eigenvalue weighted by molar-refractivity contribution is -0.123. The second kappa shape index (κ2) is 6.16. The lowest BCUT2D eigenvalue weighted by Crippen LogP contribution is -2.30. The highest BCUT2D eigenvalue weighted by Gasteiger charge is 2.34. The van der Waals surface area contributed by atoms with Gasteiger partial charge in [0.05, 0.1) is 11.4 Å². The minimum Gasteiger partial charge on any atom is -0.328 e. The number of carbonyl (C=O) groups excluding carboxylic acids is 1. The van der Waals surface area contributed by atoms with Gasteiger partial charge in [0, 0.05) is 17.0 Å². The molecule has 0 radical (unpaired) electrons. The Morgan fingerprint density at radius 3 is 2.56 bits per heavy atom. The first kappa shape index (κ1) is 15.9. The highest BCUT2D eigenvalue weighted by molar-refractivity contribution is 6.15. The highest BCUT2D eigenvalue weighted by Crippen LogP contribution is 2.32. The number of aryl methyl sites for hydroxylation is 1. The molecule has 1 aliphatic carbocycles. The number of nitrogens with one attached hydrogen (secondary N) is 1. The van der Waals surface area contributed by atoms with Crippen molar-refractivity contribution in [2.24, 2.45) is 10.9 Å². The van der Waals surface area contributed by atoms with Crippen LogP contribution in [0, 0.1) is 12.8 Å². The van der Waals surface area contributed by atoms with Crippen molar-refractivity contribution < 1.29 is 4.79 Å². The monoisotopic (exact) mass is 357 g/mol. The number of amides is 1. The number of carbonyl (C=O) groups is 1. The van der Waals surface area contributed by atoms with Gasteiger partial charge < -0.3 is 5.32 Å². The Kier molecular flexibility index (Phi) is 3.63. The molecule has 2 heterocycles. The van der Waals surface area contributed by atoms with Gasteiger partial charge in [-0.2, -0.15) is 0 Å². The van der Waals surface area contributed by atoms with Crippen LogP contribution in [0.2, 0.25) is 0 Å². The van der Waals surface area contributed by atoms with Crippen LogP contribution >= 0.6 is 0 Å². The molecule has 2 aromatic carbocycles. The molecule has 5 rings (SSSR count). The van der Waals surface area contributed by atoms with Gasteiger partial charge in [0.25, 0.3) is 0 Å². The van der Waals surface area contributed by atoms with Gasteiger partial charge in [-0.25, -0.2) is 0 Å². The normalized spacial score (nSPS) is 18.1. The summed E-state index contributed by atoms with van der Waals surface area (Å²) in [5, 5.41) is 11.7. The maximum atomic E-state index is 12.5. The van der Waals surface area contributed by atoms with Gasteiger partial charge in [0.2, 0.25) is 5.91 Å². The van der Waals surface area contributed by atoms with Crippen LogP contribution in [0.3, 0.4) is 0 Å². The summed E-state index contributed by atoms with van der Waals surface area (Å²) in [7, 11) is 0. The number of rotatable bonds is 3. The lowest BCUT2D eigenvalue weighted by atomic mass is 10.0. The highest BCUT2D eigenvalue weighted by atomic mass is 16.2. The van der Waals surface area contributed by atoms with E-state index in [1.54, 1.807) is 0 Å². The zero-order chi connectivity index (χ0) is 18.4. The standard InChI is InChI=1S/C21H19N5O/c1-13-24-25-20-19(23-21(27)15-11-12-15)22-18(14-7-3-2-4-8-14)16-9-5-6-10-17(16)26(13)20/h2-10,15,19H,11-12H2,1H3,(H,23,27). The maximum Gasteiger partial charge on any atom is 0.225 e. The fourth-order valence-electron chi connectivity index (χ4n) is 3.50. The second-order valence-corrected chi connectivity index (χ2v) is 6.99. The number of aliphatic imine (C=N–C) groups is 1. The topological polar surface area (TPSA) is 72.2 Å². The average Bonchev–Trinajstić information content (AvgIpc) is 3.49. The number of fused-ring (bicyclic) bond motifs is 3. The third-order valence-electron chi connectivity index (χ3n) is 5.03. The fraction of sp³-hybridized carbons (Fsp3) is 0.238. The molecule has 6 nitrogen and oxygen atoms in total. The molecular formula is C21H19N5O. The van der Waals surface area contributed by atoms with E-state index in [1.807, 2.05) is 60.0 Å². The van der Waals surface area contributed by atoms with Crippen molar-refractivity contribution in [3.8, 4) is 5.69 Å². The van der Waals surface area contributed by atoms with E-state index in [0.29, 0.717) is 5.82 Å². The van der Waals surface area contributed by atoms with Crippen LogP contribution in [-0.4, -0.2) is 26.4 Å². The van der Waals surface area contributed by atoms with Crippen LogP contribution in [0.1, 0.15) is 41.8 Å². The van der Waals surface area contributed by atoms with E-state index >= 15 is 0 Å². The fourth-order valence-corrected chi connectivity index (χ4v) is 3.50. The summed E-state index contributed by atoms with van der Waals surface area (Å²) in [6.45, 7) is 1.92. The molecule has 1 amide bonds. The summed E-state index contributed by atoms with van der Waals surface area (Å²) in [5.74, 6) is 1.55. The number of benzene rings is 2. The molecule has 1 aromatic heterocycles. The zero-order valence-electron chi connectivity index (χ0n) is 15.0. The molecule has 1 aliphatic heterocycles. The van der Waals surface area contributed by atoms with E-state index in [-0.39, 0.29) is 11.8 Å². The Morgan fingerprint density at radius 2 is 1.78 bits per heavy atom. The van der Waals surface area contributed by atoms with Gasteiger partial charge in [0.1, 0.15) is 5.82 Å². The molecule has 134 valence electrons. The van der Waals surface area contributed by atoms with E-state index in [4.69, 9.17) is 4.99 Å². The van der Waals surface area contributed by atoms with E-state index in [1.165, 1.54) is 0 Å². The zero-order valence-corrected chi connectivity index (χ0v) is 15.0. The molecule has 2 aliphatic rings. The summed E-state index contributed by atoms with van der Waals surface area (Å²) in [6.07, 6.45) is 1.32. The first-order valence-corrected chi connectivity index (χ1v) is 9.17. The predicted molar refractivity (Wildman–Crippen MR) is 102 cm³/mol. The minimum absolute atomic E-state index is 0.0364. The van der Waals surface area contributed by atoms with Gasteiger partial charge in [-0.15, -0.1) is 10.2 Å². The third kappa shape index (κ3) is 2.73. The van der Waals surface area contributed by atoms with Crippen molar-refractivity contribution >= 4 is 11.6 Å². The van der Waals surface area contributed by atoms with E-state index in [0.717, 1.165) is 41.2 Å². The SMILES string of the molecule is Cc1nnc2n1-c1ccccc1C(c1ccccc1)=NC2NC(=O)C1CC1. The largest absolute Gasteiger partial charge is 0.328 e. The van der Waals surface area contributed by atoms with Crippen LogP contribution in [0.4, 0.5) is 0 Å². The number of aromatic nitrogens is 3. The van der Waals surface area contributed by atoms with E-state index in [2.05, 4.69) is 21.6 Å². The third-order valence-corrected chi connectivity index (χ3v) is 5.03. The Morgan fingerprint density at radius 1 is 1.04 bits per heavy atom. The van der Waals surface area contributed by atoms with Crippen molar-refractivity contribution in [3.05, 3.63) is 77.4 Å². The van der Waals surface area contributed by atoms with Crippen LogP contribution in [0.15, 0.2) is 59.6 Å². The van der Waals surface area contributed by atoms with Crippen molar-refractivity contribution in [3.63, 3.8) is 0 Å². The summed E-state index contributed by atoms with van der Waals surface area (Å²) in [4.78, 5) is 17.4. The summed E-state index contributed by atoms with van der Waals surface area (Å²) in [6, 6.07) is 18.1. The van der Waals surface area contributed by atoms with Crippen LogP contribution in [0.5, 0.6) is 0 Å². The maximum absolute atomic E-state index is 12.5. The molecule has 1 fully saturated rings. The number of hydrogen-bond donors (Lipinski definition) is 1. The molecule has 6 heteroatoms. The van der Waals surface area contributed by atoms with Crippen molar-refractivity contribution in [2.75, 3.05) is 0 Å². The van der Waals surface area contributed by atoms with Gasteiger partial charge in [-0.1, -0.05) is 48.5 Å². The van der Waals surface area contributed by atoms with E-state index < -0.39 is 6.17 Å². The Balaban J connectivity index is 1.72. The Hall–Kier alpha value is -3.28. The molecule has 0 saturated heterocycles. The minimum atomic E-state index is -0.568. The summed E-state index contributed by atoms with van der Waals surface area (Å²) < 4.78 is 1.99. The second-order valence-electron chi connectivity index (χ2n) is 6.99. The van der Waals surface area contributed by atoms with Gasteiger partial charge in [0.15, 0.2) is 12.0 Å². The van der Waals surface area contributed by atoms with Crippen molar-refractivity contribution in [2.45, 2.75) is 25.9 Å². The van der Waals surface area contributed by atoms with Crippen molar-refractivity contribution in [1.82, 2.24) is 20.1 Å². The molecule has 1 atom stereocenters. The number of nitrogens with zero attached hydrogens (tertiary/aromatic N) is 4. The molecule has 27 heavy (non-hydrogen) atoms. The Labute approximate surface area is 157 Å². The molecule has 0 bridgehead atoms. The molecule has 1 saturated carbocycles. The van der Waals surface area contributed by atoms with Gasteiger partial charge in [-0.05, 0) is 25.8 Å². The molecular weight excluding hydrogens is 338 g/mol. The van der Waals surface area contributed by atoms with Crippen LogP contribution in [0.25, 0.3) is 5.69 Å². The molecule has 3 aromatic rings. The Bertz CT molecular complexity index is 1050. The van der Waals surface area contributed by atoms with Crippen LogP contribution < -0.4 is 5.32 Å². The van der Waals surface area contributed by atoms with Crippen LogP contribution in [-0.2, 0) is 4.79 Å².